The second-order valence-corrected chi connectivity index (χ2v) is 9.76. The quantitative estimate of drug-likeness (QED) is 0.818. The molecule has 2 aromatic heterocycles. The molecule has 0 unspecified atom stereocenters. The maximum atomic E-state index is 12.5. The molecule has 0 aromatic carbocycles. The van der Waals surface area contributed by atoms with Crippen LogP contribution >= 0.6 is 11.5 Å². The summed E-state index contributed by atoms with van der Waals surface area (Å²) >= 11 is 1.45. The Morgan fingerprint density at radius 3 is 2.92 bits per heavy atom. The molecule has 140 valence electrons. The molecule has 2 aliphatic rings. The summed E-state index contributed by atoms with van der Waals surface area (Å²) in [5, 5.41) is 2.06. The van der Waals surface area contributed by atoms with Gasteiger partial charge in [-0.2, -0.15) is 0 Å². The summed E-state index contributed by atoms with van der Waals surface area (Å²) in [4.78, 5) is 14.9. The zero-order chi connectivity index (χ0) is 18.3. The Balaban J connectivity index is 1.65. The molecule has 1 saturated heterocycles. The topological polar surface area (TPSA) is 84.3 Å². The van der Waals surface area contributed by atoms with Crippen LogP contribution in [0.1, 0.15) is 29.6 Å². The number of sulfonamides is 1. The van der Waals surface area contributed by atoms with Crippen LogP contribution in [0.3, 0.4) is 0 Å². The fraction of sp³-hybridized carbons (Fsp3) is 0.529. The van der Waals surface area contributed by atoms with E-state index in [1.165, 1.54) is 17.1 Å². The van der Waals surface area contributed by atoms with Gasteiger partial charge < -0.3 is 4.57 Å². The Bertz CT molecular complexity index is 939. The second-order valence-electron chi connectivity index (χ2n) is 7.27. The van der Waals surface area contributed by atoms with Crippen LogP contribution in [0.2, 0.25) is 0 Å². The minimum absolute atomic E-state index is 0.0482. The van der Waals surface area contributed by atoms with Crippen LogP contribution in [0, 0.1) is 5.92 Å². The van der Waals surface area contributed by atoms with Crippen molar-refractivity contribution in [3.05, 3.63) is 51.4 Å². The van der Waals surface area contributed by atoms with E-state index in [4.69, 9.17) is 0 Å². The first kappa shape index (κ1) is 17.8. The van der Waals surface area contributed by atoms with E-state index < -0.39 is 10.0 Å². The third kappa shape index (κ3) is 3.62. The van der Waals surface area contributed by atoms with Gasteiger partial charge in [0.2, 0.25) is 10.0 Å². The van der Waals surface area contributed by atoms with Gasteiger partial charge in [-0.15, -0.1) is 0 Å². The van der Waals surface area contributed by atoms with Crippen molar-refractivity contribution in [2.45, 2.75) is 24.9 Å². The molecule has 4 heterocycles. The molecule has 3 atom stereocenters. The van der Waals surface area contributed by atoms with Gasteiger partial charge in [-0.05, 0) is 35.5 Å². The van der Waals surface area contributed by atoms with Crippen molar-refractivity contribution >= 4 is 21.6 Å². The lowest BCUT2D eigenvalue weighted by atomic mass is 9.78. The zero-order valence-corrected chi connectivity index (χ0v) is 16.2. The Morgan fingerprint density at radius 1 is 1.35 bits per heavy atom. The summed E-state index contributed by atoms with van der Waals surface area (Å²) < 4.78 is 31.8. The van der Waals surface area contributed by atoms with Crippen molar-refractivity contribution in [2.24, 2.45) is 5.92 Å². The number of piperidine rings is 1. The fourth-order valence-corrected chi connectivity index (χ4v) is 5.33. The van der Waals surface area contributed by atoms with Crippen LogP contribution in [0.25, 0.3) is 0 Å². The number of likely N-dealkylation sites (tertiary alicyclic amines) is 1. The van der Waals surface area contributed by atoms with Crippen LogP contribution in [0.5, 0.6) is 0 Å². The Kier molecular flexibility index (Phi) is 4.72. The Labute approximate surface area is 156 Å². The van der Waals surface area contributed by atoms with Crippen molar-refractivity contribution in [3.63, 3.8) is 0 Å². The number of hydrogen-bond donors (Lipinski definition) is 1. The van der Waals surface area contributed by atoms with Crippen molar-refractivity contribution in [1.29, 1.82) is 0 Å². The minimum atomic E-state index is -3.31. The van der Waals surface area contributed by atoms with Crippen LogP contribution in [0.4, 0.5) is 0 Å². The number of hydrogen-bond acceptors (Lipinski definition) is 6. The maximum absolute atomic E-state index is 12.5. The van der Waals surface area contributed by atoms with E-state index in [9.17, 15) is 13.2 Å². The average Bonchev–Trinajstić information content (AvgIpc) is 3.07. The predicted molar refractivity (Wildman–Crippen MR) is 101 cm³/mol. The van der Waals surface area contributed by atoms with E-state index in [-0.39, 0.29) is 24.1 Å². The summed E-state index contributed by atoms with van der Waals surface area (Å²) in [6, 6.07) is 5.21. The largest absolute Gasteiger partial charge is 0.308 e. The van der Waals surface area contributed by atoms with E-state index in [1.807, 2.05) is 16.8 Å². The molecule has 2 bridgehead atoms. The molecule has 0 spiro atoms. The summed E-state index contributed by atoms with van der Waals surface area (Å²) in [6.45, 7) is 2.85. The molecule has 0 amide bonds. The first-order chi connectivity index (χ1) is 12.4. The van der Waals surface area contributed by atoms with Gasteiger partial charge in [0.1, 0.15) is 0 Å². The summed E-state index contributed by atoms with van der Waals surface area (Å²) in [7, 11) is -3.31. The molecule has 0 radical (unpaired) electrons. The smallest absolute Gasteiger partial charge is 0.251 e. The van der Waals surface area contributed by atoms with E-state index in [0.29, 0.717) is 5.92 Å². The van der Waals surface area contributed by atoms with Crippen molar-refractivity contribution in [1.82, 2.24) is 18.6 Å². The summed E-state index contributed by atoms with van der Waals surface area (Å²) in [6.07, 6.45) is 4.04. The molecule has 7 nitrogen and oxygen atoms in total. The van der Waals surface area contributed by atoms with Gasteiger partial charge in [0.15, 0.2) is 0 Å². The highest BCUT2D eigenvalue weighted by molar-refractivity contribution is 7.88. The molecule has 1 N–H and O–H groups in total. The lowest BCUT2D eigenvalue weighted by Crippen LogP contribution is -2.51. The normalized spacial score (nSPS) is 25.8. The molecule has 0 saturated carbocycles. The van der Waals surface area contributed by atoms with Gasteiger partial charge in [-0.3, -0.25) is 9.69 Å². The van der Waals surface area contributed by atoms with Gasteiger partial charge in [0.25, 0.3) is 5.56 Å². The first-order valence-electron chi connectivity index (χ1n) is 8.67. The monoisotopic (exact) mass is 394 g/mol. The van der Waals surface area contributed by atoms with E-state index >= 15 is 0 Å². The summed E-state index contributed by atoms with van der Waals surface area (Å²) in [5.74, 6) is 0.533. The van der Waals surface area contributed by atoms with Gasteiger partial charge >= 0.3 is 0 Å². The Morgan fingerprint density at radius 2 is 2.19 bits per heavy atom. The van der Waals surface area contributed by atoms with Crippen LogP contribution < -0.4 is 10.3 Å². The zero-order valence-electron chi connectivity index (χ0n) is 14.5. The van der Waals surface area contributed by atoms with Gasteiger partial charge in [-0.25, -0.2) is 17.5 Å². The number of pyridine rings is 1. The molecule has 4 rings (SSSR count). The molecule has 1 fully saturated rings. The lowest BCUT2D eigenvalue weighted by molar-refractivity contribution is 0.0869. The fourth-order valence-electron chi connectivity index (χ4n) is 4.33. The maximum Gasteiger partial charge on any atom is 0.251 e. The van der Waals surface area contributed by atoms with E-state index in [2.05, 4.69) is 19.4 Å². The van der Waals surface area contributed by atoms with Gasteiger partial charge in [0, 0.05) is 55.4 Å². The first-order valence-corrected chi connectivity index (χ1v) is 11.4. The number of rotatable bonds is 5. The number of nitrogens with one attached hydrogen (secondary N) is 1. The standard InChI is InChI=1S/C17H22N4O3S2/c1-26(23,24)19-7-16-14-5-13(15-3-2-4-17(22)21(15)16)9-20(10-14)8-12-6-18-25-11-12/h2-4,6,11,13-14,16,19H,5,7-10H2,1H3/t13-,14+,16+/m1/s1. The molecular formula is C17H22N4O3S2. The highest BCUT2D eigenvalue weighted by Gasteiger charge is 2.40. The molecule has 9 heteroatoms. The average molecular weight is 395 g/mol. The summed E-state index contributed by atoms with van der Waals surface area (Å²) in [5.41, 5.74) is 2.17. The van der Waals surface area contributed by atoms with Crippen molar-refractivity contribution < 1.29 is 8.42 Å². The second kappa shape index (κ2) is 6.88. The van der Waals surface area contributed by atoms with E-state index in [1.54, 1.807) is 12.1 Å². The molecule has 0 aliphatic carbocycles. The molecule has 2 aromatic rings. The van der Waals surface area contributed by atoms with Gasteiger partial charge in [-0.1, -0.05) is 6.07 Å². The molecular weight excluding hydrogens is 372 g/mol. The van der Waals surface area contributed by atoms with Crippen LogP contribution in [0.15, 0.2) is 34.6 Å². The number of nitrogens with zero attached hydrogens (tertiary/aromatic N) is 3. The van der Waals surface area contributed by atoms with E-state index in [0.717, 1.165) is 38.0 Å². The third-order valence-corrected chi connectivity index (χ3v) is 6.64. The van der Waals surface area contributed by atoms with Crippen LogP contribution in [-0.2, 0) is 16.6 Å². The lowest BCUT2D eigenvalue weighted by Gasteiger charge is -2.47. The highest BCUT2D eigenvalue weighted by Crippen LogP contribution is 2.41. The van der Waals surface area contributed by atoms with Gasteiger partial charge in [0.05, 0.1) is 12.3 Å². The third-order valence-electron chi connectivity index (χ3n) is 5.32. The Hall–Kier alpha value is -1.55. The van der Waals surface area contributed by atoms with Crippen LogP contribution in [-0.4, -0.2) is 48.1 Å². The predicted octanol–water partition coefficient (Wildman–Crippen LogP) is 1.01. The molecule has 26 heavy (non-hydrogen) atoms. The molecule has 2 aliphatic heterocycles. The number of aromatic nitrogens is 2. The minimum Gasteiger partial charge on any atom is -0.308 e. The van der Waals surface area contributed by atoms with Crippen molar-refractivity contribution in [2.75, 3.05) is 25.9 Å². The number of fused-ring (bicyclic) bond motifs is 4. The highest BCUT2D eigenvalue weighted by atomic mass is 32.2. The van der Waals surface area contributed by atoms with Crippen molar-refractivity contribution in [3.8, 4) is 0 Å². The SMILES string of the molecule is CS(=O)(=O)NC[C@H]1[C@H]2C[C@H](CN(Cc3cnsc3)C2)c2cccc(=O)n21.